The van der Waals surface area contributed by atoms with Crippen molar-refractivity contribution in [1.82, 2.24) is 9.99 Å². The third kappa shape index (κ3) is 4.47. The Morgan fingerprint density at radius 2 is 1.93 bits per heavy atom. The van der Waals surface area contributed by atoms with Gasteiger partial charge in [0.05, 0.1) is 21.8 Å². The van der Waals surface area contributed by atoms with Gasteiger partial charge in [-0.1, -0.05) is 29.3 Å². The minimum absolute atomic E-state index is 0.148. The molecule has 3 aromatic rings. The molecule has 9 heteroatoms. The predicted molar refractivity (Wildman–Crippen MR) is 113 cm³/mol. The fourth-order valence-electron chi connectivity index (χ4n) is 2.94. The van der Waals surface area contributed by atoms with E-state index in [2.05, 4.69) is 10.5 Å². The number of hydrazone groups is 1. The molecule has 1 N–H and O–H groups in total. The molecular weight excluding hydrogens is 415 g/mol. The van der Waals surface area contributed by atoms with E-state index >= 15 is 0 Å². The number of benzene rings is 2. The van der Waals surface area contributed by atoms with E-state index in [4.69, 9.17) is 23.2 Å². The molecule has 148 valence electrons. The van der Waals surface area contributed by atoms with E-state index in [0.717, 1.165) is 22.6 Å². The van der Waals surface area contributed by atoms with Crippen molar-refractivity contribution in [3.8, 4) is 5.69 Å². The van der Waals surface area contributed by atoms with Gasteiger partial charge in [0.1, 0.15) is 0 Å². The van der Waals surface area contributed by atoms with Crippen LogP contribution in [0, 0.1) is 24.0 Å². The number of nitrogens with zero attached hydrogens (tertiary/aromatic N) is 3. The van der Waals surface area contributed by atoms with Crippen molar-refractivity contribution in [2.45, 2.75) is 13.8 Å². The van der Waals surface area contributed by atoms with E-state index < -0.39 is 10.8 Å². The van der Waals surface area contributed by atoms with Gasteiger partial charge in [-0.3, -0.25) is 14.9 Å². The zero-order chi connectivity index (χ0) is 21.1. The van der Waals surface area contributed by atoms with Crippen molar-refractivity contribution in [3.63, 3.8) is 0 Å². The Morgan fingerprint density at radius 1 is 1.17 bits per heavy atom. The van der Waals surface area contributed by atoms with Crippen molar-refractivity contribution >= 4 is 41.0 Å². The fraction of sp³-hybridized carbons (Fsp3) is 0.100. The predicted octanol–water partition coefficient (Wildman–Crippen LogP) is 5.07. The second-order valence-corrected chi connectivity index (χ2v) is 7.11. The van der Waals surface area contributed by atoms with Gasteiger partial charge >= 0.3 is 0 Å². The summed E-state index contributed by atoms with van der Waals surface area (Å²) >= 11 is 12.3. The van der Waals surface area contributed by atoms with Crippen LogP contribution in [0.2, 0.25) is 10.0 Å². The van der Waals surface area contributed by atoms with Crippen LogP contribution in [0.5, 0.6) is 0 Å². The average Bonchev–Trinajstić information content (AvgIpc) is 2.95. The molecule has 0 radical (unpaired) electrons. The first-order valence-electron chi connectivity index (χ1n) is 8.50. The van der Waals surface area contributed by atoms with Gasteiger partial charge in [0.15, 0.2) is 0 Å². The van der Waals surface area contributed by atoms with Crippen LogP contribution in [0.15, 0.2) is 53.6 Å². The van der Waals surface area contributed by atoms with E-state index in [1.54, 1.807) is 12.1 Å². The van der Waals surface area contributed by atoms with Crippen LogP contribution in [-0.2, 0) is 0 Å². The zero-order valence-corrected chi connectivity index (χ0v) is 17.0. The average molecular weight is 431 g/mol. The van der Waals surface area contributed by atoms with Gasteiger partial charge in [-0.05, 0) is 44.2 Å². The van der Waals surface area contributed by atoms with E-state index in [-0.39, 0.29) is 11.3 Å². The molecule has 0 spiro atoms. The van der Waals surface area contributed by atoms with Gasteiger partial charge in [0.25, 0.3) is 11.6 Å². The lowest BCUT2D eigenvalue weighted by atomic mass is 10.2. The molecule has 0 bridgehead atoms. The number of hydrogen-bond acceptors (Lipinski definition) is 4. The number of halogens is 2. The topological polar surface area (TPSA) is 89.5 Å². The summed E-state index contributed by atoms with van der Waals surface area (Å²) in [6, 6.07) is 12.6. The molecule has 1 aromatic heterocycles. The molecule has 0 aliphatic heterocycles. The molecule has 0 aliphatic carbocycles. The SMILES string of the molecule is Cc1cc(/C=N/NC(=O)c2cccc([N+](=O)[O-])c2)c(C)n1-c1ccc(Cl)cc1Cl. The largest absolute Gasteiger partial charge is 0.316 e. The van der Waals surface area contributed by atoms with Gasteiger partial charge in [-0.2, -0.15) is 5.10 Å². The first kappa shape index (κ1) is 20.6. The van der Waals surface area contributed by atoms with Crippen molar-refractivity contribution in [2.75, 3.05) is 0 Å². The lowest BCUT2D eigenvalue weighted by molar-refractivity contribution is -0.384. The maximum atomic E-state index is 12.2. The van der Waals surface area contributed by atoms with Crippen LogP contribution < -0.4 is 5.43 Å². The normalized spacial score (nSPS) is 11.0. The number of aryl methyl sites for hydroxylation is 1. The Labute approximate surface area is 176 Å². The van der Waals surface area contributed by atoms with Crippen LogP contribution in [0.25, 0.3) is 5.69 Å². The van der Waals surface area contributed by atoms with Crippen LogP contribution in [0.3, 0.4) is 0 Å². The molecule has 0 saturated carbocycles. The van der Waals surface area contributed by atoms with Crippen molar-refractivity contribution < 1.29 is 9.72 Å². The number of carbonyl (C=O) groups is 1. The summed E-state index contributed by atoms with van der Waals surface area (Å²) in [6.07, 6.45) is 1.51. The molecule has 7 nitrogen and oxygen atoms in total. The first-order chi connectivity index (χ1) is 13.8. The maximum absolute atomic E-state index is 12.2. The van der Waals surface area contributed by atoms with Crippen LogP contribution in [-0.4, -0.2) is 21.6 Å². The summed E-state index contributed by atoms with van der Waals surface area (Å²) in [7, 11) is 0. The molecular formula is C20H16Cl2N4O3. The Balaban J connectivity index is 1.81. The summed E-state index contributed by atoms with van der Waals surface area (Å²) in [4.78, 5) is 22.5. The molecule has 1 amide bonds. The fourth-order valence-corrected chi connectivity index (χ4v) is 3.43. The minimum atomic E-state index is -0.559. The Hall–Kier alpha value is -3.16. The molecule has 29 heavy (non-hydrogen) atoms. The Bertz CT molecular complexity index is 1140. The summed E-state index contributed by atoms with van der Waals surface area (Å²) in [5, 5.41) is 15.9. The summed E-state index contributed by atoms with van der Waals surface area (Å²) < 4.78 is 1.96. The number of nitro benzene ring substituents is 1. The van der Waals surface area contributed by atoms with Crippen LogP contribution in [0.4, 0.5) is 5.69 Å². The number of aromatic nitrogens is 1. The van der Waals surface area contributed by atoms with Crippen LogP contribution >= 0.6 is 23.2 Å². The smallest absolute Gasteiger partial charge is 0.271 e. The van der Waals surface area contributed by atoms with E-state index in [9.17, 15) is 14.9 Å². The number of hydrogen-bond donors (Lipinski definition) is 1. The van der Waals surface area contributed by atoms with Gasteiger partial charge in [-0.15, -0.1) is 0 Å². The first-order valence-corrected chi connectivity index (χ1v) is 9.25. The highest BCUT2D eigenvalue weighted by Crippen LogP contribution is 2.28. The molecule has 0 aliphatic rings. The number of amides is 1. The molecule has 2 aromatic carbocycles. The quantitative estimate of drug-likeness (QED) is 0.347. The van der Waals surface area contributed by atoms with E-state index in [1.165, 1.54) is 30.5 Å². The van der Waals surface area contributed by atoms with Crippen molar-refractivity contribution in [2.24, 2.45) is 5.10 Å². The number of rotatable bonds is 5. The second kappa shape index (κ2) is 8.46. The number of nitrogens with one attached hydrogen (secondary N) is 1. The summed E-state index contributed by atoms with van der Waals surface area (Å²) in [5.41, 5.74) is 5.74. The van der Waals surface area contributed by atoms with Crippen LogP contribution in [0.1, 0.15) is 27.3 Å². The highest BCUT2D eigenvalue weighted by Gasteiger charge is 2.13. The van der Waals surface area contributed by atoms with Gasteiger partial charge in [0, 0.05) is 39.7 Å². The molecule has 0 unspecified atom stereocenters. The van der Waals surface area contributed by atoms with Gasteiger partial charge in [-0.25, -0.2) is 5.43 Å². The zero-order valence-electron chi connectivity index (χ0n) is 15.5. The minimum Gasteiger partial charge on any atom is -0.316 e. The summed E-state index contributed by atoms with van der Waals surface area (Å²) in [6.45, 7) is 3.83. The van der Waals surface area contributed by atoms with E-state index in [1.807, 2.05) is 30.5 Å². The Morgan fingerprint density at radius 3 is 2.62 bits per heavy atom. The molecule has 3 rings (SSSR count). The van der Waals surface area contributed by atoms with E-state index in [0.29, 0.717) is 10.0 Å². The molecule has 0 fully saturated rings. The molecule has 0 saturated heterocycles. The van der Waals surface area contributed by atoms with Crippen molar-refractivity contribution in [3.05, 3.63) is 91.2 Å². The molecule has 1 heterocycles. The number of non-ortho nitro benzene ring substituents is 1. The number of nitro groups is 1. The highest BCUT2D eigenvalue weighted by atomic mass is 35.5. The lowest BCUT2D eigenvalue weighted by Gasteiger charge is -2.11. The Kier molecular flexibility index (Phi) is 6.00. The maximum Gasteiger partial charge on any atom is 0.271 e. The molecule has 0 atom stereocenters. The number of carbonyl (C=O) groups excluding carboxylic acids is 1. The summed E-state index contributed by atoms with van der Waals surface area (Å²) in [5.74, 6) is -0.542. The van der Waals surface area contributed by atoms with Crippen molar-refractivity contribution in [1.29, 1.82) is 0 Å². The second-order valence-electron chi connectivity index (χ2n) is 6.26. The monoisotopic (exact) mass is 430 g/mol. The van der Waals surface area contributed by atoms with Gasteiger partial charge < -0.3 is 4.57 Å². The highest BCUT2D eigenvalue weighted by molar-refractivity contribution is 6.35. The van der Waals surface area contributed by atoms with Gasteiger partial charge in [0.2, 0.25) is 0 Å². The standard InChI is InChI=1S/C20H16Cl2N4O3/c1-12-8-15(13(2)25(12)19-7-6-16(21)10-18(19)22)11-23-24-20(27)14-4-3-5-17(9-14)26(28)29/h3-11H,1-2H3,(H,24,27)/b23-11+. The lowest BCUT2D eigenvalue weighted by Crippen LogP contribution is -2.17. The third-order valence-electron chi connectivity index (χ3n) is 4.31. The third-order valence-corrected chi connectivity index (χ3v) is 4.85.